The van der Waals surface area contributed by atoms with Crippen LogP contribution in [0.15, 0.2) is 28.7 Å². The molecule has 2 saturated heterocycles. The normalized spacial score (nSPS) is 25.3. The molecule has 0 aliphatic carbocycles. The van der Waals surface area contributed by atoms with Gasteiger partial charge in [0.1, 0.15) is 0 Å². The molecule has 3 rings (SSSR count). The molecule has 0 aromatic heterocycles. The average Bonchev–Trinajstić information content (AvgIpc) is 2.88. The van der Waals surface area contributed by atoms with Gasteiger partial charge in [0.05, 0.1) is 0 Å². The lowest BCUT2D eigenvalue weighted by atomic mass is 9.89. The van der Waals surface area contributed by atoms with Crippen molar-refractivity contribution in [2.75, 3.05) is 11.9 Å². The van der Waals surface area contributed by atoms with Crippen LogP contribution in [0.1, 0.15) is 38.5 Å². The van der Waals surface area contributed by atoms with Crippen LogP contribution in [0.4, 0.5) is 5.69 Å². The number of hydrogen-bond acceptors (Lipinski definition) is 3. The van der Waals surface area contributed by atoms with Crippen molar-refractivity contribution in [3.05, 3.63) is 28.7 Å². The molecule has 1 aromatic carbocycles. The quantitative estimate of drug-likeness (QED) is 0.695. The topological polar surface area (TPSA) is 70.2 Å². The van der Waals surface area contributed by atoms with E-state index in [1.807, 2.05) is 24.3 Å². The summed E-state index contributed by atoms with van der Waals surface area (Å²) in [6.07, 6.45) is 5.59. The Labute approximate surface area is 151 Å². The molecule has 0 saturated carbocycles. The van der Waals surface area contributed by atoms with Crippen molar-refractivity contribution in [1.29, 1.82) is 0 Å². The molecule has 0 spiro atoms. The fraction of sp³-hybridized carbons (Fsp3) is 0.556. The molecular weight excluding hydrogens is 370 g/mol. The number of fused-ring (bicyclic) bond motifs is 2. The lowest BCUT2D eigenvalue weighted by molar-refractivity contribution is -0.122. The Bertz CT molecular complexity index is 578. The Hall–Kier alpha value is -1.40. The van der Waals surface area contributed by atoms with Gasteiger partial charge in [0, 0.05) is 41.6 Å². The van der Waals surface area contributed by atoms with E-state index in [4.69, 9.17) is 0 Å². The van der Waals surface area contributed by atoms with Crippen LogP contribution in [0.25, 0.3) is 0 Å². The van der Waals surface area contributed by atoms with Gasteiger partial charge in [-0.15, -0.1) is 0 Å². The summed E-state index contributed by atoms with van der Waals surface area (Å²) in [6, 6.07) is 8.65. The first kappa shape index (κ1) is 17.4. The number of nitrogens with one attached hydrogen (secondary N) is 3. The van der Waals surface area contributed by atoms with E-state index in [9.17, 15) is 9.59 Å². The second-order valence-electron chi connectivity index (χ2n) is 6.83. The molecule has 5 nitrogen and oxygen atoms in total. The highest BCUT2D eigenvalue weighted by Gasteiger charge is 2.34. The Balaban J connectivity index is 1.33. The molecule has 2 unspecified atom stereocenters. The SMILES string of the molecule is O=C(CC1CC2CCC(C1)N2)NCCC(=O)Nc1ccc(Br)cc1. The van der Waals surface area contributed by atoms with Gasteiger partial charge in [-0.25, -0.2) is 0 Å². The number of carbonyl (C=O) groups excluding carboxylic acids is 2. The van der Waals surface area contributed by atoms with Gasteiger partial charge in [0.15, 0.2) is 0 Å². The van der Waals surface area contributed by atoms with Gasteiger partial charge in [0.25, 0.3) is 0 Å². The summed E-state index contributed by atoms with van der Waals surface area (Å²) in [4.78, 5) is 23.9. The van der Waals surface area contributed by atoms with E-state index in [0.717, 1.165) is 23.0 Å². The van der Waals surface area contributed by atoms with Crippen LogP contribution in [0.3, 0.4) is 0 Å². The van der Waals surface area contributed by atoms with Crippen molar-refractivity contribution >= 4 is 33.4 Å². The minimum absolute atomic E-state index is 0.0674. The highest BCUT2D eigenvalue weighted by atomic mass is 79.9. The second-order valence-corrected chi connectivity index (χ2v) is 7.75. The Morgan fingerprint density at radius 1 is 1.08 bits per heavy atom. The first-order valence-corrected chi connectivity index (χ1v) is 9.46. The molecule has 2 aliphatic rings. The van der Waals surface area contributed by atoms with Gasteiger partial charge in [-0.1, -0.05) is 15.9 Å². The summed E-state index contributed by atoms with van der Waals surface area (Å²) >= 11 is 3.36. The summed E-state index contributed by atoms with van der Waals surface area (Å²) in [6.45, 7) is 0.388. The maximum absolute atomic E-state index is 12.1. The fourth-order valence-electron chi connectivity index (χ4n) is 3.75. The van der Waals surface area contributed by atoms with E-state index in [-0.39, 0.29) is 11.8 Å². The molecule has 24 heavy (non-hydrogen) atoms. The third kappa shape index (κ3) is 5.05. The molecule has 6 heteroatoms. The number of hydrogen-bond donors (Lipinski definition) is 3. The Morgan fingerprint density at radius 3 is 2.42 bits per heavy atom. The van der Waals surface area contributed by atoms with E-state index in [1.54, 1.807) is 0 Å². The third-order valence-corrected chi connectivity index (χ3v) is 5.38. The zero-order valence-electron chi connectivity index (χ0n) is 13.7. The predicted molar refractivity (Wildman–Crippen MR) is 97.7 cm³/mol. The molecule has 2 bridgehead atoms. The zero-order valence-corrected chi connectivity index (χ0v) is 15.3. The molecule has 2 fully saturated rings. The van der Waals surface area contributed by atoms with Crippen molar-refractivity contribution in [1.82, 2.24) is 10.6 Å². The first-order chi connectivity index (χ1) is 11.6. The standard InChI is InChI=1S/C18H24BrN3O2/c19-13-1-3-14(4-2-13)22-17(23)7-8-20-18(24)11-12-9-15-5-6-16(10-12)21-15/h1-4,12,15-16,21H,5-11H2,(H,20,24)(H,22,23). The summed E-state index contributed by atoms with van der Waals surface area (Å²) in [7, 11) is 0. The Morgan fingerprint density at radius 2 is 1.75 bits per heavy atom. The molecule has 2 aliphatic heterocycles. The van der Waals surface area contributed by atoms with Crippen molar-refractivity contribution in [3.63, 3.8) is 0 Å². The van der Waals surface area contributed by atoms with E-state index >= 15 is 0 Å². The number of benzene rings is 1. The zero-order chi connectivity index (χ0) is 16.9. The van der Waals surface area contributed by atoms with Gasteiger partial charge in [-0.05, 0) is 55.9 Å². The van der Waals surface area contributed by atoms with Crippen LogP contribution in [0.2, 0.25) is 0 Å². The molecule has 0 radical (unpaired) electrons. The van der Waals surface area contributed by atoms with Crippen LogP contribution < -0.4 is 16.0 Å². The van der Waals surface area contributed by atoms with E-state index in [0.29, 0.717) is 37.4 Å². The molecule has 1 aromatic rings. The van der Waals surface area contributed by atoms with Crippen molar-refractivity contribution in [2.45, 2.75) is 50.6 Å². The van der Waals surface area contributed by atoms with Crippen molar-refractivity contribution in [2.24, 2.45) is 5.92 Å². The van der Waals surface area contributed by atoms with Crippen molar-refractivity contribution < 1.29 is 9.59 Å². The summed E-state index contributed by atoms with van der Waals surface area (Å²) in [5.41, 5.74) is 0.764. The first-order valence-electron chi connectivity index (χ1n) is 8.66. The number of carbonyl (C=O) groups is 2. The molecule has 3 N–H and O–H groups in total. The molecular formula is C18H24BrN3O2. The van der Waals surface area contributed by atoms with Crippen LogP contribution >= 0.6 is 15.9 Å². The second kappa shape index (κ2) is 8.12. The Kier molecular flexibility index (Phi) is 5.89. The van der Waals surface area contributed by atoms with Crippen molar-refractivity contribution in [3.8, 4) is 0 Å². The molecule has 2 heterocycles. The lowest BCUT2D eigenvalue weighted by Crippen LogP contribution is -2.40. The number of amides is 2. The summed E-state index contributed by atoms with van der Waals surface area (Å²) < 4.78 is 0.971. The average molecular weight is 394 g/mol. The monoisotopic (exact) mass is 393 g/mol. The van der Waals surface area contributed by atoms with Crippen LogP contribution in [-0.2, 0) is 9.59 Å². The smallest absolute Gasteiger partial charge is 0.226 e. The lowest BCUT2D eigenvalue weighted by Gasteiger charge is -2.28. The minimum Gasteiger partial charge on any atom is -0.356 e. The fourth-order valence-corrected chi connectivity index (χ4v) is 4.01. The maximum atomic E-state index is 12.1. The van der Waals surface area contributed by atoms with Gasteiger partial charge in [-0.2, -0.15) is 0 Å². The molecule has 2 atom stereocenters. The highest BCUT2D eigenvalue weighted by Crippen LogP contribution is 2.32. The minimum atomic E-state index is -0.0856. The van der Waals surface area contributed by atoms with E-state index < -0.39 is 0 Å². The number of halogens is 1. The summed E-state index contributed by atoms with van der Waals surface area (Å²) in [5, 5.41) is 9.29. The predicted octanol–water partition coefficient (Wildman–Crippen LogP) is 2.81. The number of anilines is 1. The summed E-state index contributed by atoms with van der Waals surface area (Å²) in [5.74, 6) is 0.468. The van der Waals surface area contributed by atoms with Crippen LogP contribution in [-0.4, -0.2) is 30.4 Å². The van der Waals surface area contributed by atoms with Gasteiger partial charge in [0.2, 0.25) is 11.8 Å². The number of rotatable bonds is 6. The largest absolute Gasteiger partial charge is 0.356 e. The van der Waals surface area contributed by atoms with Gasteiger partial charge >= 0.3 is 0 Å². The van der Waals surface area contributed by atoms with Crippen LogP contribution in [0.5, 0.6) is 0 Å². The van der Waals surface area contributed by atoms with Crippen LogP contribution in [0, 0.1) is 5.92 Å². The molecule has 2 amide bonds. The highest BCUT2D eigenvalue weighted by molar-refractivity contribution is 9.10. The number of piperidine rings is 1. The van der Waals surface area contributed by atoms with E-state index in [2.05, 4.69) is 31.9 Å². The maximum Gasteiger partial charge on any atom is 0.226 e. The van der Waals surface area contributed by atoms with Gasteiger partial charge in [-0.3, -0.25) is 9.59 Å². The third-order valence-electron chi connectivity index (χ3n) is 4.85. The van der Waals surface area contributed by atoms with E-state index in [1.165, 1.54) is 12.8 Å². The molecule has 130 valence electrons. The van der Waals surface area contributed by atoms with Gasteiger partial charge < -0.3 is 16.0 Å².